The lowest BCUT2D eigenvalue weighted by molar-refractivity contribution is -0.146. The van der Waals surface area contributed by atoms with Crippen molar-refractivity contribution in [2.45, 2.75) is 19.8 Å². The standard InChI is InChI=1S/C15H16ClN3O2S/c1-15(13(20)21)6-7-19(9-15)14-18-17-12(22-14)8-10-2-4-11(16)5-3-10/h2-5H,6-9H2,1H3,(H,20,21). The maximum atomic E-state index is 11.3. The first-order valence-electron chi connectivity index (χ1n) is 7.01. The molecule has 3 rings (SSSR count). The highest BCUT2D eigenvalue weighted by Crippen LogP contribution is 2.34. The molecule has 5 nitrogen and oxygen atoms in total. The second kappa shape index (κ2) is 5.85. The molecule has 1 atom stereocenters. The highest BCUT2D eigenvalue weighted by molar-refractivity contribution is 7.15. The Kier molecular flexibility index (Phi) is 4.06. The molecule has 1 aliphatic heterocycles. The lowest BCUT2D eigenvalue weighted by atomic mass is 9.90. The number of rotatable bonds is 4. The summed E-state index contributed by atoms with van der Waals surface area (Å²) in [4.78, 5) is 13.3. The minimum Gasteiger partial charge on any atom is -0.481 e. The number of halogens is 1. The zero-order valence-electron chi connectivity index (χ0n) is 12.1. The van der Waals surface area contributed by atoms with Gasteiger partial charge in [-0.3, -0.25) is 4.79 Å². The van der Waals surface area contributed by atoms with Gasteiger partial charge in [-0.2, -0.15) is 0 Å². The Bertz CT molecular complexity index is 688. The summed E-state index contributed by atoms with van der Waals surface area (Å²) in [5.41, 5.74) is 0.436. The Morgan fingerprint density at radius 3 is 2.77 bits per heavy atom. The third-order valence-corrected chi connectivity index (χ3v) is 5.22. The molecule has 2 aromatic rings. The molecule has 7 heteroatoms. The number of aliphatic carboxylic acids is 1. The molecule has 1 unspecified atom stereocenters. The second-order valence-electron chi connectivity index (χ2n) is 5.82. The third kappa shape index (κ3) is 3.08. The van der Waals surface area contributed by atoms with Crippen LogP contribution in [0.15, 0.2) is 24.3 Å². The van der Waals surface area contributed by atoms with Gasteiger partial charge in [0.2, 0.25) is 5.13 Å². The minimum absolute atomic E-state index is 0.484. The first-order valence-corrected chi connectivity index (χ1v) is 8.21. The predicted octanol–water partition coefficient (Wildman–Crippen LogP) is 3.08. The minimum atomic E-state index is -0.749. The van der Waals surface area contributed by atoms with E-state index in [2.05, 4.69) is 10.2 Å². The largest absolute Gasteiger partial charge is 0.481 e. The van der Waals surface area contributed by atoms with Crippen LogP contribution in [-0.4, -0.2) is 34.4 Å². The molecular weight excluding hydrogens is 322 g/mol. The summed E-state index contributed by atoms with van der Waals surface area (Å²) in [5.74, 6) is -0.749. The monoisotopic (exact) mass is 337 g/mol. The van der Waals surface area contributed by atoms with Gasteiger partial charge in [-0.1, -0.05) is 35.1 Å². The SMILES string of the molecule is CC1(C(=O)O)CCN(c2nnc(Cc3ccc(Cl)cc3)s2)C1. The fraction of sp³-hybridized carbons (Fsp3) is 0.400. The van der Waals surface area contributed by atoms with Gasteiger partial charge in [-0.25, -0.2) is 0 Å². The van der Waals surface area contributed by atoms with Crippen molar-refractivity contribution in [2.24, 2.45) is 5.41 Å². The number of aromatic nitrogens is 2. The van der Waals surface area contributed by atoms with Crippen LogP contribution in [-0.2, 0) is 11.2 Å². The first-order chi connectivity index (χ1) is 10.5. The Balaban J connectivity index is 1.69. The van der Waals surface area contributed by atoms with Gasteiger partial charge in [0.15, 0.2) is 0 Å². The van der Waals surface area contributed by atoms with Gasteiger partial charge in [0.05, 0.1) is 5.41 Å². The average Bonchev–Trinajstić information content (AvgIpc) is 3.09. The Morgan fingerprint density at radius 1 is 1.41 bits per heavy atom. The Labute approximate surface area is 137 Å². The smallest absolute Gasteiger partial charge is 0.311 e. The molecule has 0 bridgehead atoms. The van der Waals surface area contributed by atoms with Crippen LogP contribution in [0.3, 0.4) is 0 Å². The molecule has 1 aromatic heterocycles. The summed E-state index contributed by atoms with van der Waals surface area (Å²) >= 11 is 7.40. The van der Waals surface area contributed by atoms with Crippen molar-refractivity contribution < 1.29 is 9.90 Å². The van der Waals surface area contributed by atoms with E-state index in [0.717, 1.165) is 15.7 Å². The van der Waals surface area contributed by atoms with Crippen molar-refractivity contribution in [3.8, 4) is 0 Å². The quantitative estimate of drug-likeness (QED) is 0.928. The molecule has 0 amide bonds. The van der Waals surface area contributed by atoms with Crippen LogP contribution in [0.25, 0.3) is 0 Å². The summed E-state index contributed by atoms with van der Waals surface area (Å²) in [5, 5.41) is 20.2. The van der Waals surface area contributed by atoms with Gasteiger partial charge in [-0.05, 0) is 31.0 Å². The normalized spacial score (nSPS) is 21.3. The fourth-order valence-corrected chi connectivity index (χ4v) is 3.54. The van der Waals surface area contributed by atoms with Gasteiger partial charge >= 0.3 is 5.97 Å². The van der Waals surface area contributed by atoms with Crippen molar-refractivity contribution in [1.29, 1.82) is 0 Å². The van der Waals surface area contributed by atoms with E-state index >= 15 is 0 Å². The van der Waals surface area contributed by atoms with Crippen LogP contribution in [0.1, 0.15) is 23.9 Å². The van der Waals surface area contributed by atoms with Gasteiger partial charge in [0, 0.05) is 24.5 Å². The van der Waals surface area contributed by atoms with Crippen molar-refractivity contribution in [3.05, 3.63) is 39.9 Å². The van der Waals surface area contributed by atoms with E-state index in [4.69, 9.17) is 11.6 Å². The van der Waals surface area contributed by atoms with Crippen LogP contribution >= 0.6 is 22.9 Å². The number of carboxylic acids is 1. The number of hydrogen-bond donors (Lipinski definition) is 1. The van der Waals surface area contributed by atoms with Gasteiger partial charge < -0.3 is 10.0 Å². The summed E-state index contributed by atoms with van der Waals surface area (Å²) in [6, 6.07) is 7.66. The topological polar surface area (TPSA) is 66.3 Å². The molecule has 1 aromatic carbocycles. The molecule has 1 fully saturated rings. The van der Waals surface area contributed by atoms with E-state index in [0.29, 0.717) is 31.0 Å². The number of carbonyl (C=O) groups is 1. The zero-order chi connectivity index (χ0) is 15.7. The van der Waals surface area contributed by atoms with E-state index in [-0.39, 0.29) is 0 Å². The maximum Gasteiger partial charge on any atom is 0.311 e. The van der Waals surface area contributed by atoms with Crippen LogP contribution in [0.4, 0.5) is 5.13 Å². The van der Waals surface area contributed by atoms with Crippen LogP contribution < -0.4 is 4.90 Å². The van der Waals surface area contributed by atoms with E-state index in [1.54, 1.807) is 6.92 Å². The molecule has 116 valence electrons. The first kappa shape index (κ1) is 15.2. The molecule has 0 radical (unpaired) electrons. The van der Waals surface area contributed by atoms with Crippen molar-refractivity contribution in [2.75, 3.05) is 18.0 Å². The number of nitrogens with zero attached hydrogens (tertiary/aromatic N) is 3. The Morgan fingerprint density at radius 2 is 2.14 bits per heavy atom. The molecule has 1 aliphatic rings. The summed E-state index contributed by atoms with van der Waals surface area (Å²) < 4.78 is 0. The molecule has 2 heterocycles. The number of carboxylic acid groups (broad SMARTS) is 1. The fourth-order valence-electron chi connectivity index (χ4n) is 2.52. The van der Waals surface area contributed by atoms with Crippen LogP contribution in [0, 0.1) is 5.41 Å². The molecular formula is C15H16ClN3O2S. The van der Waals surface area contributed by atoms with Crippen molar-refractivity contribution in [1.82, 2.24) is 10.2 Å². The maximum absolute atomic E-state index is 11.3. The number of hydrogen-bond acceptors (Lipinski definition) is 5. The van der Waals surface area contributed by atoms with Gasteiger partial charge in [0.25, 0.3) is 0 Å². The molecule has 22 heavy (non-hydrogen) atoms. The number of benzene rings is 1. The molecule has 1 saturated heterocycles. The van der Waals surface area contributed by atoms with Crippen molar-refractivity contribution >= 4 is 34.0 Å². The van der Waals surface area contributed by atoms with E-state index in [1.807, 2.05) is 29.2 Å². The Hall–Kier alpha value is -1.66. The average molecular weight is 338 g/mol. The second-order valence-corrected chi connectivity index (χ2v) is 7.30. The lowest BCUT2D eigenvalue weighted by Gasteiger charge is -2.18. The van der Waals surface area contributed by atoms with E-state index in [1.165, 1.54) is 11.3 Å². The molecule has 0 saturated carbocycles. The molecule has 0 spiro atoms. The molecule has 1 N–H and O–H groups in total. The summed E-state index contributed by atoms with van der Waals surface area (Å²) in [6.45, 7) is 2.97. The third-order valence-electron chi connectivity index (χ3n) is 3.98. The molecule has 0 aliphatic carbocycles. The summed E-state index contributed by atoms with van der Waals surface area (Å²) in [6.07, 6.45) is 1.34. The lowest BCUT2D eigenvalue weighted by Crippen LogP contribution is -2.31. The highest BCUT2D eigenvalue weighted by atomic mass is 35.5. The van der Waals surface area contributed by atoms with Crippen molar-refractivity contribution in [3.63, 3.8) is 0 Å². The van der Waals surface area contributed by atoms with Crippen LogP contribution in [0.2, 0.25) is 5.02 Å². The van der Waals surface area contributed by atoms with Gasteiger partial charge in [0.1, 0.15) is 5.01 Å². The zero-order valence-corrected chi connectivity index (χ0v) is 13.7. The highest BCUT2D eigenvalue weighted by Gasteiger charge is 2.41. The predicted molar refractivity (Wildman–Crippen MR) is 86.7 cm³/mol. The van der Waals surface area contributed by atoms with E-state index in [9.17, 15) is 9.90 Å². The van der Waals surface area contributed by atoms with Crippen LogP contribution in [0.5, 0.6) is 0 Å². The number of anilines is 1. The summed E-state index contributed by atoms with van der Waals surface area (Å²) in [7, 11) is 0. The van der Waals surface area contributed by atoms with E-state index < -0.39 is 11.4 Å². The van der Waals surface area contributed by atoms with Gasteiger partial charge in [-0.15, -0.1) is 10.2 Å².